The van der Waals surface area contributed by atoms with Gasteiger partial charge in [-0.3, -0.25) is 9.59 Å². The maximum Gasteiger partial charge on any atom is 0.408 e. The van der Waals surface area contributed by atoms with Crippen molar-refractivity contribution in [1.29, 1.82) is 0 Å². The van der Waals surface area contributed by atoms with E-state index in [1.807, 2.05) is 37.3 Å². The number of nitrogens with one attached hydrogen (secondary N) is 3. The number of carboxylic acids is 2. The summed E-state index contributed by atoms with van der Waals surface area (Å²) in [6.45, 7) is 9.17. The molecule has 0 bridgehead atoms. The summed E-state index contributed by atoms with van der Waals surface area (Å²) in [5, 5.41) is 26.6. The van der Waals surface area contributed by atoms with Crippen LogP contribution in [0.4, 0.5) is 4.79 Å². The molecule has 2 aromatic carbocycles. The summed E-state index contributed by atoms with van der Waals surface area (Å²) in [4.78, 5) is 62.4. The van der Waals surface area contributed by atoms with Crippen molar-refractivity contribution >= 4 is 29.8 Å². The Morgan fingerprint density at radius 1 is 0.844 bits per heavy atom. The summed E-state index contributed by atoms with van der Waals surface area (Å²) in [5.74, 6) is -4.30. The second-order valence-electron chi connectivity index (χ2n) is 12.0. The van der Waals surface area contributed by atoms with Crippen molar-refractivity contribution < 1.29 is 43.7 Å². The first-order valence-electron chi connectivity index (χ1n) is 15.0. The van der Waals surface area contributed by atoms with Crippen LogP contribution in [0.5, 0.6) is 5.75 Å². The minimum absolute atomic E-state index is 0.00541. The third kappa shape index (κ3) is 12.9. The zero-order valence-electron chi connectivity index (χ0n) is 26.6. The number of rotatable bonds is 17. The molecule has 246 valence electrons. The van der Waals surface area contributed by atoms with Gasteiger partial charge in [-0.2, -0.15) is 0 Å². The SMILES string of the molecule is CCCCCNC(=O)[C@](C)(Cc1ccc(OC(C(=O)O)C(=O)O)cc1)NC(=O)[C@H](CCc1ccccc1)NC(=O)OC(C)(C)C. The molecular formula is C33H45N3O9. The van der Waals surface area contributed by atoms with Crippen molar-refractivity contribution in [2.45, 2.75) is 96.4 Å². The third-order valence-corrected chi connectivity index (χ3v) is 6.72. The van der Waals surface area contributed by atoms with Gasteiger partial charge in [-0.25, -0.2) is 14.4 Å². The molecule has 0 fully saturated rings. The van der Waals surface area contributed by atoms with Crippen LogP contribution in [-0.4, -0.2) is 69.9 Å². The molecule has 0 aliphatic rings. The fourth-order valence-electron chi connectivity index (χ4n) is 4.42. The van der Waals surface area contributed by atoms with Gasteiger partial charge in [0.05, 0.1) is 0 Å². The second kappa shape index (κ2) is 17.0. The smallest absolute Gasteiger partial charge is 0.408 e. The van der Waals surface area contributed by atoms with Gasteiger partial charge in [-0.15, -0.1) is 0 Å². The molecular weight excluding hydrogens is 582 g/mol. The first-order chi connectivity index (χ1) is 21.1. The van der Waals surface area contributed by atoms with E-state index in [0.29, 0.717) is 18.5 Å². The van der Waals surface area contributed by atoms with Crippen LogP contribution in [-0.2, 0) is 36.8 Å². The number of ether oxygens (including phenoxy) is 2. The number of alkyl carbamates (subject to hydrolysis) is 1. The largest absolute Gasteiger partial charge is 0.478 e. The summed E-state index contributed by atoms with van der Waals surface area (Å²) >= 11 is 0. The molecule has 0 spiro atoms. The van der Waals surface area contributed by atoms with E-state index in [-0.39, 0.29) is 18.6 Å². The molecule has 0 aromatic heterocycles. The molecule has 0 radical (unpaired) electrons. The quantitative estimate of drug-likeness (QED) is 0.129. The zero-order valence-corrected chi connectivity index (χ0v) is 26.6. The minimum Gasteiger partial charge on any atom is -0.478 e. The fourth-order valence-corrected chi connectivity index (χ4v) is 4.42. The van der Waals surface area contributed by atoms with Crippen LogP contribution in [0.2, 0.25) is 0 Å². The van der Waals surface area contributed by atoms with Gasteiger partial charge < -0.3 is 35.6 Å². The van der Waals surface area contributed by atoms with E-state index >= 15 is 0 Å². The molecule has 2 atom stereocenters. The second-order valence-corrected chi connectivity index (χ2v) is 12.0. The molecule has 45 heavy (non-hydrogen) atoms. The molecule has 0 heterocycles. The Balaban J connectivity index is 2.31. The average molecular weight is 628 g/mol. The van der Waals surface area contributed by atoms with E-state index in [4.69, 9.17) is 19.7 Å². The number of amides is 3. The summed E-state index contributed by atoms with van der Waals surface area (Å²) in [7, 11) is 0. The van der Waals surface area contributed by atoms with Crippen LogP contribution >= 0.6 is 0 Å². The Bertz CT molecular complexity index is 1280. The van der Waals surface area contributed by atoms with E-state index in [1.165, 1.54) is 12.1 Å². The van der Waals surface area contributed by atoms with Gasteiger partial charge in [0.15, 0.2) is 0 Å². The predicted octanol–water partition coefficient (Wildman–Crippen LogP) is 3.85. The Morgan fingerprint density at radius 3 is 2.02 bits per heavy atom. The highest BCUT2D eigenvalue weighted by Gasteiger charge is 2.37. The third-order valence-electron chi connectivity index (χ3n) is 6.72. The summed E-state index contributed by atoms with van der Waals surface area (Å²) in [5.41, 5.74) is -0.704. The van der Waals surface area contributed by atoms with Crippen LogP contribution in [0.3, 0.4) is 0 Å². The molecule has 0 unspecified atom stereocenters. The summed E-state index contributed by atoms with van der Waals surface area (Å²) < 4.78 is 10.5. The van der Waals surface area contributed by atoms with Gasteiger partial charge in [0.2, 0.25) is 11.8 Å². The zero-order chi connectivity index (χ0) is 33.6. The van der Waals surface area contributed by atoms with Crippen molar-refractivity contribution in [1.82, 2.24) is 16.0 Å². The predicted molar refractivity (Wildman–Crippen MR) is 167 cm³/mol. The first-order valence-corrected chi connectivity index (χ1v) is 15.0. The Labute approximate surface area is 263 Å². The molecule has 12 heteroatoms. The lowest BCUT2D eigenvalue weighted by Gasteiger charge is -2.32. The van der Waals surface area contributed by atoms with Gasteiger partial charge in [-0.05, 0) is 70.2 Å². The van der Waals surface area contributed by atoms with Crippen LogP contribution in [0.1, 0.15) is 71.4 Å². The molecule has 0 aliphatic carbocycles. The number of hydrogen-bond acceptors (Lipinski definition) is 7. The highest BCUT2D eigenvalue weighted by Crippen LogP contribution is 2.20. The van der Waals surface area contributed by atoms with Gasteiger partial charge in [0.25, 0.3) is 6.10 Å². The number of hydrogen-bond donors (Lipinski definition) is 5. The lowest BCUT2D eigenvalue weighted by atomic mass is 9.90. The number of aryl methyl sites for hydroxylation is 1. The molecule has 12 nitrogen and oxygen atoms in total. The van der Waals surface area contributed by atoms with Crippen molar-refractivity contribution in [3.05, 3.63) is 65.7 Å². The lowest BCUT2D eigenvalue weighted by Crippen LogP contribution is -2.62. The number of unbranched alkanes of at least 4 members (excludes halogenated alkanes) is 2. The average Bonchev–Trinajstić information content (AvgIpc) is 2.96. The Kier molecular flexibility index (Phi) is 13.8. The normalized spacial score (nSPS) is 13.2. The Hall–Kier alpha value is -4.61. The molecule has 5 N–H and O–H groups in total. The molecule has 0 aliphatic heterocycles. The van der Waals surface area contributed by atoms with Crippen LogP contribution in [0.25, 0.3) is 0 Å². The summed E-state index contributed by atoms with van der Waals surface area (Å²) in [6, 6.07) is 14.3. The lowest BCUT2D eigenvalue weighted by molar-refractivity contribution is -0.159. The van der Waals surface area contributed by atoms with Crippen LogP contribution in [0, 0.1) is 0 Å². The molecule has 2 aromatic rings. The van der Waals surface area contributed by atoms with E-state index in [9.17, 15) is 24.0 Å². The van der Waals surface area contributed by atoms with Gasteiger partial charge in [0, 0.05) is 13.0 Å². The number of carbonyl (C=O) groups is 5. The topological polar surface area (TPSA) is 180 Å². The van der Waals surface area contributed by atoms with Crippen molar-refractivity contribution in [3.8, 4) is 5.75 Å². The van der Waals surface area contributed by atoms with Crippen molar-refractivity contribution in [2.24, 2.45) is 0 Å². The van der Waals surface area contributed by atoms with E-state index < -0.39 is 53.1 Å². The Morgan fingerprint density at radius 2 is 1.47 bits per heavy atom. The summed E-state index contributed by atoms with van der Waals surface area (Å²) in [6.07, 6.45) is 0.526. The maximum absolute atomic E-state index is 13.8. The van der Waals surface area contributed by atoms with E-state index in [1.54, 1.807) is 39.8 Å². The molecule has 2 rings (SSSR count). The molecule has 0 saturated heterocycles. The van der Waals surface area contributed by atoms with E-state index in [0.717, 1.165) is 24.8 Å². The van der Waals surface area contributed by atoms with Crippen molar-refractivity contribution in [3.63, 3.8) is 0 Å². The van der Waals surface area contributed by atoms with E-state index in [2.05, 4.69) is 16.0 Å². The highest BCUT2D eigenvalue weighted by molar-refractivity contribution is 5.96. The van der Waals surface area contributed by atoms with Crippen LogP contribution < -0.4 is 20.7 Å². The number of benzene rings is 2. The molecule has 0 saturated carbocycles. The number of carbonyl (C=O) groups excluding carboxylic acids is 3. The minimum atomic E-state index is -2.08. The van der Waals surface area contributed by atoms with Crippen LogP contribution in [0.15, 0.2) is 54.6 Å². The fraction of sp³-hybridized carbons (Fsp3) is 0.485. The first kappa shape index (κ1) is 36.6. The highest BCUT2D eigenvalue weighted by atomic mass is 16.6. The standard InChI is InChI=1S/C33H45N3O9/c1-6-7-11-20-34-30(42)33(5,21-23-14-17-24(18-15-23)44-26(28(38)39)29(40)41)36-27(37)25(35-31(43)45-32(2,3)4)19-16-22-12-9-8-10-13-22/h8-10,12-15,17-18,25-26H,6-7,11,16,19-21H2,1-5H3,(H,34,42)(H,35,43)(H,36,37)(H,38,39)(H,40,41)/t25-,33-/m0/s1. The molecule has 3 amide bonds. The number of carboxylic acid groups (broad SMARTS) is 2. The van der Waals surface area contributed by atoms with Gasteiger partial charge >= 0.3 is 18.0 Å². The maximum atomic E-state index is 13.8. The van der Waals surface area contributed by atoms with Crippen molar-refractivity contribution in [2.75, 3.05) is 6.54 Å². The number of aliphatic carboxylic acids is 2. The monoisotopic (exact) mass is 627 g/mol. The van der Waals surface area contributed by atoms with Gasteiger partial charge in [0.1, 0.15) is 22.9 Å². The van der Waals surface area contributed by atoms with Gasteiger partial charge in [-0.1, -0.05) is 62.2 Å².